The van der Waals surface area contributed by atoms with Gasteiger partial charge in [-0.2, -0.15) is 0 Å². The fraction of sp³-hybridized carbons (Fsp3) is 0.211. The monoisotopic (exact) mass is 497 g/mol. The van der Waals surface area contributed by atoms with Gasteiger partial charge in [-0.25, -0.2) is 0 Å². The molecule has 0 radical (unpaired) electrons. The third kappa shape index (κ3) is 6.17. The lowest BCUT2D eigenvalue weighted by Gasteiger charge is -2.17. The zero-order valence-corrected chi connectivity index (χ0v) is 18.1. The van der Waals surface area contributed by atoms with Crippen molar-refractivity contribution in [2.24, 2.45) is 0 Å². The topological polar surface area (TPSA) is 79.5 Å². The van der Waals surface area contributed by atoms with Crippen molar-refractivity contribution in [2.75, 3.05) is 0 Å². The molecule has 2 aromatic carbocycles. The number of ether oxygens (including phenoxy) is 1. The van der Waals surface area contributed by atoms with Crippen LogP contribution in [0.4, 0.5) is 0 Å². The van der Waals surface area contributed by atoms with Gasteiger partial charge in [0.25, 0.3) is 11.8 Å². The van der Waals surface area contributed by atoms with Crippen LogP contribution in [-0.2, 0) is 4.79 Å². The van der Waals surface area contributed by atoms with Gasteiger partial charge in [-0.1, -0.05) is 18.2 Å². The van der Waals surface area contributed by atoms with Crippen molar-refractivity contribution in [2.45, 2.75) is 26.9 Å². The van der Waals surface area contributed by atoms with Gasteiger partial charge in [-0.3, -0.25) is 25.8 Å². The van der Waals surface area contributed by atoms with E-state index < -0.39 is 12.0 Å². The Kier molecular flexibility index (Phi) is 7.55. The van der Waals surface area contributed by atoms with Crippen molar-refractivity contribution in [3.63, 3.8) is 0 Å². The Morgan fingerprint density at radius 1 is 1.07 bits per heavy atom. The van der Waals surface area contributed by atoms with Crippen molar-refractivity contribution >= 4 is 51.7 Å². The van der Waals surface area contributed by atoms with Gasteiger partial charge in [0, 0.05) is 3.57 Å². The average Bonchev–Trinajstić information content (AvgIpc) is 2.63. The summed E-state index contributed by atoms with van der Waals surface area (Å²) >= 11 is 7.11. The maximum atomic E-state index is 12.2. The molecule has 0 bridgehead atoms. The molecule has 0 aliphatic carbocycles. The van der Waals surface area contributed by atoms with E-state index in [2.05, 4.69) is 38.8 Å². The SMILES string of the molecule is Cc1ccc(OC(C)C(=O)NNC(=S)NC(=O)c2ccccc2I)cc1C. The number of halogens is 1. The standard InChI is InChI=1S/C19H20IN3O3S/c1-11-8-9-14(10-12(11)2)26-13(3)17(24)22-23-19(27)21-18(25)15-6-4-5-7-16(15)20/h4-10,13H,1-3H3,(H,22,24)(H2,21,23,25,27). The molecule has 0 heterocycles. The van der Waals surface area contributed by atoms with Crippen LogP contribution in [0, 0.1) is 17.4 Å². The van der Waals surface area contributed by atoms with Crippen LogP contribution >= 0.6 is 34.8 Å². The number of hydrogen-bond acceptors (Lipinski definition) is 4. The van der Waals surface area contributed by atoms with Gasteiger partial charge in [0.1, 0.15) is 5.75 Å². The van der Waals surface area contributed by atoms with E-state index >= 15 is 0 Å². The Hall–Kier alpha value is -2.20. The summed E-state index contributed by atoms with van der Waals surface area (Å²) in [6.45, 7) is 5.61. The quantitative estimate of drug-likeness (QED) is 0.344. The number of carbonyl (C=O) groups excluding carboxylic acids is 2. The Labute approximate surface area is 177 Å². The molecule has 0 spiro atoms. The van der Waals surface area contributed by atoms with Gasteiger partial charge in [0.15, 0.2) is 11.2 Å². The minimum absolute atomic E-state index is 0.00798. The molecule has 2 aromatic rings. The van der Waals surface area contributed by atoms with Crippen LogP contribution in [0.1, 0.15) is 28.4 Å². The van der Waals surface area contributed by atoms with E-state index in [0.717, 1.165) is 14.7 Å². The molecule has 6 nitrogen and oxygen atoms in total. The molecular weight excluding hydrogens is 477 g/mol. The van der Waals surface area contributed by atoms with Crippen LogP contribution in [0.3, 0.4) is 0 Å². The van der Waals surface area contributed by atoms with Gasteiger partial charge in [0.2, 0.25) is 0 Å². The van der Waals surface area contributed by atoms with E-state index in [4.69, 9.17) is 17.0 Å². The molecule has 1 atom stereocenters. The molecule has 27 heavy (non-hydrogen) atoms. The molecular formula is C19H20IN3O3S. The zero-order valence-electron chi connectivity index (χ0n) is 15.1. The Morgan fingerprint density at radius 2 is 1.78 bits per heavy atom. The third-order valence-corrected chi connectivity index (χ3v) is 4.95. The van der Waals surface area contributed by atoms with E-state index in [-0.39, 0.29) is 11.0 Å². The van der Waals surface area contributed by atoms with E-state index in [1.807, 2.05) is 44.2 Å². The summed E-state index contributed by atoms with van der Waals surface area (Å²) in [7, 11) is 0. The smallest absolute Gasteiger partial charge is 0.279 e. The summed E-state index contributed by atoms with van der Waals surface area (Å²) < 4.78 is 6.43. The first-order valence-corrected chi connectivity index (χ1v) is 9.66. The highest BCUT2D eigenvalue weighted by Crippen LogP contribution is 2.17. The molecule has 0 aliphatic heterocycles. The number of carbonyl (C=O) groups is 2. The maximum Gasteiger partial charge on any atom is 0.279 e. The maximum absolute atomic E-state index is 12.2. The highest BCUT2D eigenvalue weighted by Gasteiger charge is 2.16. The van der Waals surface area contributed by atoms with Crippen molar-refractivity contribution < 1.29 is 14.3 Å². The number of amides is 2. The van der Waals surface area contributed by atoms with Gasteiger partial charge in [-0.05, 0) is 91.0 Å². The zero-order chi connectivity index (χ0) is 20.0. The van der Waals surface area contributed by atoms with Crippen LogP contribution in [0.2, 0.25) is 0 Å². The summed E-state index contributed by atoms with van der Waals surface area (Å²) in [5, 5.41) is 2.51. The third-order valence-electron chi connectivity index (χ3n) is 3.81. The first-order valence-electron chi connectivity index (χ1n) is 8.17. The fourth-order valence-corrected chi connectivity index (χ4v) is 2.89. The van der Waals surface area contributed by atoms with E-state index in [1.54, 1.807) is 19.1 Å². The van der Waals surface area contributed by atoms with Crippen molar-refractivity contribution in [1.82, 2.24) is 16.2 Å². The molecule has 0 aliphatic rings. The van der Waals surface area contributed by atoms with E-state index in [9.17, 15) is 9.59 Å². The van der Waals surface area contributed by atoms with Crippen molar-refractivity contribution in [3.8, 4) is 5.75 Å². The highest BCUT2D eigenvalue weighted by atomic mass is 127. The van der Waals surface area contributed by atoms with E-state index in [0.29, 0.717) is 11.3 Å². The number of benzene rings is 2. The molecule has 1 unspecified atom stereocenters. The Morgan fingerprint density at radius 3 is 2.44 bits per heavy atom. The number of hydrazine groups is 1. The largest absolute Gasteiger partial charge is 0.481 e. The van der Waals surface area contributed by atoms with Crippen molar-refractivity contribution in [1.29, 1.82) is 0 Å². The number of hydrogen-bond donors (Lipinski definition) is 3. The normalized spacial score (nSPS) is 11.3. The van der Waals surface area contributed by atoms with E-state index in [1.165, 1.54) is 0 Å². The van der Waals surface area contributed by atoms with Gasteiger partial charge >= 0.3 is 0 Å². The number of aryl methyl sites for hydroxylation is 2. The predicted molar refractivity (Wildman–Crippen MR) is 117 cm³/mol. The molecule has 0 saturated heterocycles. The second-order valence-electron chi connectivity index (χ2n) is 5.88. The van der Waals surface area contributed by atoms with Crippen LogP contribution in [0.25, 0.3) is 0 Å². The lowest BCUT2D eigenvalue weighted by molar-refractivity contribution is -0.127. The van der Waals surface area contributed by atoms with Crippen LogP contribution in [0.5, 0.6) is 5.75 Å². The molecule has 3 N–H and O–H groups in total. The average molecular weight is 497 g/mol. The van der Waals surface area contributed by atoms with Crippen LogP contribution < -0.4 is 20.9 Å². The van der Waals surface area contributed by atoms with Crippen LogP contribution in [-0.4, -0.2) is 23.0 Å². The van der Waals surface area contributed by atoms with Gasteiger partial charge in [0.05, 0.1) is 5.56 Å². The lowest BCUT2D eigenvalue weighted by Crippen LogP contribution is -2.51. The second-order valence-corrected chi connectivity index (χ2v) is 7.45. The summed E-state index contributed by atoms with van der Waals surface area (Å²) in [6.07, 6.45) is -0.742. The van der Waals surface area contributed by atoms with Gasteiger partial charge < -0.3 is 4.74 Å². The molecule has 8 heteroatoms. The number of rotatable bonds is 4. The van der Waals surface area contributed by atoms with Crippen LogP contribution in [0.15, 0.2) is 42.5 Å². The summed E-state index contributed by atoms with van der Waals surface area (Å²) in [5.74, 6) is -0.166. The van der Waals surface area contributed by atoms with Crippen molar-refractivity contribution in [3.05, 3.63) is 62.7 Å². The predicted octanol–water partition coefficient (Wildman–Crippen LogP) is 3.01. The molecule has 2 rings (SSSR count). The minimum atomic E-state index is -0.742. The molecule has 0 fully saturated rings. The van der Waals surface area contributed by atoms with Gasteiger partial charge in [-0.15, -0.1) is 0 Å². The number of thiocarbonyl (C=S) groups is 1. The fourth-order valence-electron chi connectivity index (χ4n) is 2.11. The Bertz CT molecular complexity index is 873. The molecule has 2 amide bonds. The Balaban J connectivity index is 1.83. The minimum Gasteiger partial charge on any atom is -0.481 e. The molecule has 0 saturated carbocycles. The first kappa shape index (κ1) is 21.1. The molecule has 142 valence electrons. The summed E-state index contributed by atoms with van der Waals surface area (Å²) in [4.78, 5) is 24.3. The molecule has 0 aromatic heterocycles. The first-order chi connectivity index (χ1) is 12.8. The lowest BCUT2D eigenvalue weighted by atomic mass is 10.1. The number of nitrogens with one attached hydrogen (secondary N) is 3. The second kappa shape index (κ2) is 9.65. The summed E-state index contributed by atoms with van der Waals surface area (Å²) in [5.41, 5.74) is 7.66. The summed E-state index contributed by atoms with van der Waals surface area (Å²) in [6, 6.07) is 12.7. The highest BCUT2D eigenvalue weighted by molar-refractivity contribution is 14.1.